The fourth-order valence-electron chi connectivity index (χ4n) is 1.23. The van der Waals surface area contributed by atoms with Crippen molar-refractivity contribution in [3.05, 3.63) is 0 Å². The molecule has 1 amide bonds. The molecule has 0 bridgehead atoms. The second-order valence-corrected chi connectivity index (χ2v) is 4.68. The Kier molecular flexibility index (Phi) is 4.99. The molecule has 3 nitrogen and oxygen atoms in total. The summed E-state index contributed by atoms with van der Waals surface area (Å²) >= 11 is 0. The van der Waals surface area contributed by atoms with E-state index in [9.17, 15) is 4.79 Å². The summed E-state index contributed by atoms with van der Waals surface area (Å²) in [7, 11) is 0. The van der Waals surface area contributed by atoms with Crippen molar-refractivity contribution in [1.29, 1.82) is 0 Å². The van der Waals surface area contributed by atoms with Crippen molar-refractivity contribution >= 4 is 5.91 Å². The van der Waals surface area contributed by atoms with Crippen molar-refractivity contribution < 1.29 is 4.79 Å². The van der Waals surface area contributed by atoms with Crippen molar-refractivity contribution in [3.8, 4) is 0 Å². The number of hydrogen-bond donors (Lipinski definition) is 2. The molecule has 0 radical (unpaired) electrons. The Morgan fingerprint density at radius 3 is 2.38 bits per heavy atom. The van der Waals surface area contributed by atoms with Crippen LogP contribution >= 0.6 is 0 Å². The normalized spacial score (nSPS) is 13.9. The summed E-state index contributed by atoms with van der Waals surface area (Å²) < 4.78 is 0. The van der Waals surface area contributed by atoms with Gasteiger partial charge in [0.05, 0.1) is 0 Å². The minimum absolute atomic E-state index is 0.0653. The van der Waals surface area contributed by atoms with E-state index in [0.717, 1.165) is 6.42 Å². The second kappa shape index (κ2) is 5.22. The zero-order chi connectivity index (χ0) is 10.5. The molecule has 13 heavy (non-hydrogen) atoms. The van der Waals surface area contributed by atoms with Crippen LogP contribution in [0.4, 0.5) is 0 Å². The van der Waals surface area contributed by atoms with Gasteiger partial charge in [-0.15, -0.1) is 0 Å². The molecule has 0 heterocycles. The molecule has 0 aliphatic carbocycles. The van der Waals surface area contributed by atoms with E-state index < -0.39 is 0 Å². The number of carbonyl (C=O) groups is 1. The molecule has 78 valence electrons. The van der Waals surface area contributed by atoms with Crippen LogP contribution in [0.15, 0.2) is 0 Å². The maximum atomic E-state index is 10.9. The fourth-order valence-corrected chi connectivity index (χ4v) is 1.23. The van der Waals surface area contributed by atoms with E-state index in [2.05, 4.69) is 26.1 Å². The third-order valence-electron chi connectivity index (χ3n) is 1.76. The Morgan fingerprint density at radius 2 is 2.00 bits per heavy atom. The van der Waals surface area contributed by atoms with Gasteiger partial charge in [-0.05, 0) is 11.8 Å². The summed E-state index contributed by atoms with van der Waals surface area (Å²) in [5, 5.41) is 2.79. The van der Waals surface area contributed by atoms with Gasteiger partial charge in [-0.2, -0.15) is 0 Å². The van der Waals surface area contributed by atoms with Gasteiger partial charge in [-0.3, -0.25) is 4.79 Å². The number of carbonyl (C=O) groups excluding carboxylic acids is 1. The van der Waals surface area contributed by atoms with Crippen LogP contribution in [0.5, 0.6) is 0 Å². The van der Waals surface area contributed by atoms with Crippen LogP contribution in [0.25, 0.3) is 0 Å². The Bertz CT molecular complexity index is 161. The number of nitrogens with one attached hydrogen (secondary N) is 1. The Morgan fingerprint density at radius 1 is 1.46 bits per heavy atom. The number of nitrogens with two attached hydrogens (primary N) is 1. The molecule has 0 spiro atoms. The van der Waals surface area contributed by atoms with E-state index in [0.29, 0.717) is 13.0 Å². The summed E-state index contributed by atoms with van der Waals surface area (Å²) in [6.07, 6.45) is 1.46. The summed E-state index contributed by atoms with van der Waals surface area (Å²) in [6, 6.07) is 0.0653. The molecule has 0 aromatic heterocycles. The highest BCUT2D eigenvalue weighted by Gasteiger charge is 2.15. The maximum absolute atomic E-state index is 10.9. The average molecular weight is 186 g/mol. The van der Waals surface area contributed by atoms with Crippen LogP contribution < -0.4 is 11.1 Å². The highest BCUT2D eigenvalue weighted by Crippen LogP contribution is 2.19. The minimum atomic E-state index is 0.0653. The van der Waals surface area contributed by atoms with Crippen LogP contribution in [-0.4, -0.2) is 18.5 Å². The second-order valence-electron chi connectivity index (χ2n) is 4.68. The molecule has 3 N–H and O–H groups in total. The van der Waals surface area contributed by atoms with Gasteiger partial charge >= 0.3 is 0 Å². The topological polar surface area (TPSA) is 55.1 Å². The monoisotopic (exact) mass is 186 g/mol. The predicted octanol–water partition coefficient (Wildman–Crippen LogP) is 1.28. The standard InChI is InChI=1S/C10H22N2O/c1-5-9(13)12-7-8(11)6-10(2,3)4/h8H,5-7,11H2,1-4H3,(H,12,13). The van der Waals surface area contributed by atoms with Gasteiger partial charge in [0.25, 0.3) is 0 Å². The van der Waals surface area contributed by atoms with Gasteiger partial charge in [0.15, 0.2) is 0 Å². The summed E-state index contributed by atoms with van der Waals surface area (Å²) in [6.45, 7) is 8.87. The molecule has 3 heteroatoms. The van der Waals surface area contributed by atoms with E-state index >= 15 is 0 Å². The van der Waals surface area contributed by atoms with Crippen LogP contribution in [0.2, 0.25) is 0 Å². The Labute approximate surface area is 81.1 Å². The highest BCUT2D eigenvalue weighted by molar-refractivity contribution is 5.75. The lowest BCUT2D eigenvalue weighted by molar-refractivity contribution is -0.120. The SMILES string of the molecule is CCC(=O)NCC(N)CC(C)(C)C. The molecule has 0 aliphatic rings. The van der Waals surface area contributed by atoms with Gasteiger partial charge < -0.3 is 11.1 Å². The summed E-state index contributed by atoms with van der Waals surface area (Å²) in [5.41, 5.74) is 6.08. The largest absolute Gasteiger partial charge is 0.355 e. The molecular weight excluding hydrogens is 164 g/mol. The first-order valence-electron chi connectivity index (χ1n) is 4.87. The van der Waals surface area contributed by atoms with Crippen LogP contribution in [0.3, 0.4) is 0 Å². The van der Waals surface area contributed by atoms with Crippen molar-refractivity contribution in [2.24, 2.45) is 11.1 Å². The first kappa shape index (κ1) is 12.4. The minimum Gasteiger partial charge on any atom is -0.355 e. The third-order valence-corrected chi connectivity index (χ3v) is 1.76. The lowest BCUT2D eigenvalue weighted by Crippen LogP contribution is -2.39. The Balaban J connectivity index is 3.63. The summed E-state index contributed by atoms with van der Waals surface area (Å²) in [5.74, 6) is 0.0735. The third kappa shape index (κ3) is 7.78. The zero-order valence-corrected chi connectivity index (χ0v) is 9.18. The molecule has 0 aromatic rings. The lowest BCUT2D eigenvalue weighted by Gasteiger charge is -2.23. The van der Waals surface area contributed by atoms with E-state index in [1.807, 2.05) is 6.92 Å². The summed E-state index contributed by atoms with van der Waals surface area (Å²) in [4.78, 5) is 10.9. The number of amides is 1. The lowest BCUT2D eigenvalue weighted by atomic mass is 9.88. The van der Waals surface area contributed by atoms with Crippen LogP contribution in [-0.2, 0) is 4.79 Å². The van der Waals surface area contributed by atoms with Gasteiger partial charge in [-0.25, -0.2) is 0 Å². The quantitative estimate of drug-likeness (QED) is 0.695. The predicted molar refractivity (Wildman–Crippen MR) is 55.3 cm³/mol. The number of hydrogen-bond acceptors (Lipinski definition) is 2. The van der Waals surface area contributed by atoms with Gasteiger partial charge in [-0.1, -0.05) is 27.7 Å². The first-order chi connectivity index (χ1) is 5.85. The molecule has 1 atom stereocenters. The van der Waals surface area contributed by atoms with E-state index in [-0.39, 0.29) is 17.4 Å². The fraction of sp³-hybridized carbons (Fsp3) is 0.900. The van der Waals surface area contributed by atoms with Crippen molar-refractivity contribution in [2.45, 2.75) is 46.6 Å². The van der Waals surface area contributed by atoms with E-state index in [1.54, 1.807) is 0 Å². The van der Waals surface area contributed by atoms with Crippen molar-refractivity contribution in [1.82, 2.24) is 5.32 Å². The molecular formula is C10H22N2O. The van der Waals surface area contributed by atoms with Crippen LogP contribution in [0.1, 0.15) is 40.5 Å². The highest BCUT2D eigenvalue weighted by atomic mass is 16.1. The molecule has 0 aromatic carbocycles. The molecule has 1 unspecified atom stereocenters. The molecule has 0 saturated carbocycles. The van der Waals surface area contributed by atoms with Crippen LogP contribution in [0, 0.1) is 5.41 Å². The van der Waals surface area contributed by atoms with Gasteiger partial charge in [0.2, 0.25) is 5.91 Å². The van der Waals surface area contributed by atoms with E-state index in [1.165, 1.54) is 0 Å². The molecule has 0 fully saturated rings. The van der Waals surface area contributed by atoms with Crippen molar-refractivity contribution in [2.75, 3.05) is 6.54 Å². The Hall–Kier alpha value is -0.570. The molecule has 0 aliphatic heterocycles. The zero-order valence-electron chi connectivity index (χ0n) is 9.18. The first-order valence-corrected chi connectivity index (χ1v) is 4.87. The number of rotatable bonds is 4. The van der Waals surface area contributed by atoms with Crippen molar-refractivity contribution in [3.63, 3.8) is 0 Å². The maximum Gasteiger partial charge on any atom is 0.219 e. The van der Waals surface area contributed by atoms with E-state index in [4.69, 9.17) is 5.73 Å². The average Bonchev–Trinajstić information content (AvgIpc) is 1.97. The smallest absolute Gasteiger partial charge is 0.219 e. The molecule has 0 saturated heterocycles. The van der Waals surface area contributed by atoms with Gasteiger partial charge in [0.1, 0.15) is 0 Å². The van der Waals surface area contributed by atoms with Gasteiger partial charge in [0, 0.05) is 19.0 Å². The molecule has 0 rings (SSSR count).